The van der Waals surface area contributed by atoms with Crippen LogP contribution in [-0.2, 0) is 39.1 Å². The Bertz CT molecular complexity index is 1380. The van der Waals surface area contributed by atoms with Crippen LogP contribution in [0.15, 0.2) is 103 Å². The van der Waals surface area contributed by atoms with E-state index < -0.39 is 10.2 Å². The molecule has 2 aromatic heterocycles. The molecule has 5 aromatic rings. The van der Waals surface area contributed by atoms with Crippen LogP contribution in [-0.4, -0.2) is 25.0 Å². The van der Waals surface area contributed by atoms with Gasteiger partial charge in [-0.2, -0.15) is 0 Å². The van der Waals surface area contributed by atoms with Crippen LogP contribution < -0.4 is 0 Å². The minimum absolute atomic E-state index is 0. The molecule has 0 saturated heterocycles. The number of pyridine rings is 2. The Morgan fingerprint density at radius 1 is 0.590 bits per heavy atom. The van der Waals surface area contributed by atoms with Crippen molar-refractivity contribution in [2.75, 3.05) is 0 Å². The van der Waals surface area contributed by atoms with Gasteiger partial charge in [0.25, 0.3) is 0 Å². The normalized spacial score (nSPS) is 9.97. The van der Waals surface area contributed by atoms with Gasteiger partial charge in [-0.05, 0) is 57.4 Å². The van der Waals surface area contributed by atoms with Gasteiger partial charge in [0.05, 0.1) is 21.6 Å². The Kier molecular flexibility index (Phi) is 12.3. The van der Waals surface area contributed by atoms with Gasteiger partial charge in [0, 0.05) is 32.0 Å². The molecular weight excluding hydrogens is 556 g/mol. The summed E-state index contributed by atoms with van der Waals surface area (Å²) in [6.45, 7) is 2.37. The van der Waals surface area contributed by atoms with Crippen molar-refractivity contribution in [1.82, 2.24) is 14.9 Å². The zero-order valence-electron chi connectivity index (χ0n) is 20.8. The predicted octanol–water partition coefficient (Wildman–Crippen LogP) is 5.50. The van der Waals surface area contributed by atoms with E-state index in [1.54, 1.807) is 0 Å². The average molecular weight is 579 g/mol. The van der Waals surface area contributed by atoms with Gasteiger partial charge < -0.3 is 30.6 Å². The van der Waals surface area contributed by atoms with Gasteiger partial charge in [0.1, 0.15) is 0 Å². The summed E-state index contributed by atoms with van der Waals surface area (Å²) in [4.78, 5) is 28.1. The fourth-order valence-electron chi connectivity index (χ4n) is 4.11. The third kappa shape index (κ3) is 10.0. The molecule has 0 amide bonds. The standard InChI is InChI=1S/C27H23N3.2NO3.Zn/c1-3-13-25-21(9-1)17-22-10-2-4-14-26(22)27(25)20-30(18-23-11-5-7-15-28-23)19-24-12-6-8-16-29-24;2*2-1(3)4;/h1-17H,18-20H2;;;/q;2*-1;+2. The van der Waals surface area contributed by atoms with E-state index in [0.29, 0.717) is 0 Å². The molecule has 11 nitrogen and oxygen atoms in total. The van der Waals surface area contributed by atoms with Gasteiger partial charge in [0.2, 0.25) is 0 Å². The van der Waals surface area contributed by atoms with E-state index in [9.17, 15) is 0 Å². The van der Waals surface area contributed by atoms with Crippen molar-refractivity contribution in [2.24, 2.45) is 0 Å². The molecule has 3 aromatic carbocycles. The molecular formula is C27H23N5O6Zn. The second-order valence-corrected chi connectivity index (χ2v) is 8.03. The number of fused-ring (bicyclic) bond motifs is 2. The fraction of sp³-hybridized carbons (Fsp3) is 0.111. The molecule has 0 saturated carbocycles. The Morgan fingerprint density at radius 2 is 0.974 bits per heavy atom. The molecule has 194 valence electrons. The molecule has 0 aliphatic heterocycles. The molecule has 12 heteroatoms. The van der Waals surface area contributed by atoms with Crippen molar-refractivity contribution in [3.05, 3.63) is 151 Å². The Morgan fingerprint density at radius 3 is 1.36 bits per heavy atom. The Balaban J connectivity index is 0.000000527. The zero-order chi connectivity index (χ0) is 27.3. The van der Waals surface area contributed by atoms with Crippen LogP contribution in [0.25, 0.3) is 21.5 Å². The third-order valence-electron chi connectivity index (χ3n) is 5.49. The quantitative estimate of drug-likeness (QED) is 0.109. The molecule has 0 fully saturated rings. The molecule has 2 heterocycles. The maximum absolute atomic E-state index is 8.25. The molecule has 0 bridgehead atoms. The number of benzene rings is 3. The van der Waals surface area contributed by atoms with Gasteiger partial charge in [-0.15, -0.1) is 0 Å². The number of nitrogens with zero attached hydrogens (tertiary/aromatic N) is 5. The molecule has 0 unspecified atom stereocenters. The first-order chi connectivity index (χ1) is 18.3. The topological polar surface area (TPSA) is 161 Å². The van der Waals surface area contributed by atoms with Gasteiger partial charge in [-0.3, -0.25) is 14.9 Å². The molecule has 39 heavy (non-hydrogen) atoms. The maximum atomic E-state index is 8.25. The van der Waals surface area contributed by atoms with Crippen LogP contribution in [0.3, 0.4) is 0 Å². The van der Waals surface area contributed by atoms with Gasteiger partial charge in [0.15, 0.2) is 0 Å². The summed E-state index contributed by atoms with van der Waals surface area (Å²) in [5, 5.41) is 34.7. The van der Waals surface area contributed by atoms with Crippen molar-refractivity contribution >= 4 is 21.5 Å². The molecule has 0 spiro atoms. The molecule has 5 rings (SSSR count). The van der Waals surface area contributed by atoms with Crippen molar-refractivity contribution in [3.8, 4) is 0 Å². The molecule has 0 atom stereocenters. The monoisotopic (exact) mass is 577 g/mol. The van der Waals surface area contributed by atoms with Gasteiger partial charge >= 0.3 is 19.5 Å². The minimum Gasteiger partial charge on any atom is -0.356 e. The van der Waals surface area contributed by atoms with E-state index in [1.165, 1.54) is 27.1 Å². The minimum atomic E-state index is -1.75. The van der Waals surface area contributed by atoms with E-state index in [2.05, 4.69) is 93.7 Å². The zero-order valence-corrected chi connectivity index (χ0v) is 23.8. The summed E-state index contributed by atoms with van der Waals surface area (Å²) in [7, 11) is 0. The van der Waals surface area contributed by atoms with Crippen LogP contribution in [0.5, 0.6) is 0 Å². The van der Waals surface area contributed by atoms with E-state index in [4.69, 9.17) is 30.6 Å². The summed E-state index contributed by atoms with van der Waals surface area (Å²) < 4.78 is 0. The van der Waals surface area contributed by atoms with Crippen molar-refractivity contribution in [3.63, 3.8) is 0 Å². The Labute approximate surface area is 236 Å². The second-order valence-electron chi connectivity index (χ2n) is 8.03. The van der Waals surface area contributed by atoms with Gasteiger partial charge in [-0.25, -0.2) is 0 Å². The number of hydrogen-bond acceptors (Lipinski definition) is 9. The second kappa shape index (κ2) is 15.7. The van der Waals surface area contributed by atoms with Crippen LogP contribution >= 0.6 is 0 Å². The summed E-state index contributed by atoms with van der Waals surface area (Å²) >= 11 is 0. The van der Waals surface area contributed by atoms with E-state index >= 15 is 0 Å². The van der Waals surface area contributed by atoms with Crippen LogP contribution in [0.4, 0.5) is 0 Å². The van der Waals surface area contributed by atoms with Crippen molar-refractivity contribution < 1.29 is 29.7 Å². The first-order valence-electron chi connectivity index (χ1n) is 11.4. The molecule has 0 aliphatic carbocycles. The number of rotatable bonds is 6. The van der Waals surface area contributed by atoms with E-state index in [-0.39, 0.29) is 19.5 Å². The molecule has 0 radical (unpaired) electrons. The SMILES string of the molecule is O=[N+]([O-])[O-].O=[N+]([O-])[O-].[Zn+2].c1ccc(CN(Cc2ccccn2)Cc2c3ccccc3cc3ccccc23)nc1. The van der Waals surface area contributed by atoms with E-state index in [1.807, 2.05) is 24.5 Å². The average Bonchev–Trinajstić information content (AvgIpc) is 2.89. The third-order valence-corrected chi connectivity index (χ3v) is 5.49. The maximum Gasteiger partial charge on any atom is 2.00 e. The van der Waals surface area contributed by atoms with Crippen molar-refractivity contribution in [2.45, 2.75) is 19.6 Å². The fourth-order valence-corrected chi connectivity index (χ4v) is 4.11. The molecule has 0 N–H and O–H groups in total. The largest absolute Gasteiger partial charge is 2.00 e. The Hall–Kier alpha value is -4.54. The first-order valence-corrected chi connectivity index (χ1v) is 11.4. The summed E-state index contributed by atoms with van der Waals surface area (Å²) in [6, 6.07) is 31.8. The van der Waals surface area contributed by atoms with Gasteiger partial charge in [-0.1, -0.05) is 60.7 Å². The first kappa shape index (κ1) is 30.7. The summed E-state index contributed by atoms with van der Waals surface area (Å²) in [6.07, 6.45) is 3.73. The van der Waals surface area contributed by atoms with Crippen LogP contribution in [0, 0.1) is 30.6 Å². The van der Waals surface area contributed by atoms with Crippen molar-refractivity contribution in [1.29, 1.82) is 0 Å². The van der Waals surface area contributed by atoms with Crippen LogP contribution in [0.1, 0.15) is 17.0 Å². The number of hydrogen-bond donors (Lipinski definition) is 0. The summed E-state index contributed by atoms with van der Waals surface area (Å²) in [5.74, 6) is 0. The predicted molar refractivity (Wildman–Crippen MR) is 144 cm³/mol. The smallest absolute Gasteiger partial charge is 0.356 e. The summed E-state index contributed by atoms with van der Waals surface area (Å²) in [5.41, 5.74) is 3.49. The number of aromatic nitrogens is 2. The molecule has 0 aliphatic rings. The van der Waals surface area contributed by atoms with E-state index in [0.717, 1.165) is 31.0 Å². The van der Waals surface area contributed by atoms with Crippen LogP contribution in [0.2, 0.25) is 0 Å².